The Morgan fingerprint density at radius 1 is 1.21 bits per heavy atom. The standard InChI is InChI=1S/C11H11ClN.HI/c1-8-7-10(12)9-5-3-4-6-11(9)13(8)2;/h3-7H,1-2H3;1H/q+1;. The summed E-state index contributed by atoms with van der Waals surface area (Å²) >= 11 is 6.12. The number of para-hydroxylation sites is 1. The van der Waals surface area contributed by atoms with Crippen molar-refractivity contribution >= 4 is 46.5 Å². The molecule has 1 heterocycles. The molecule has 0 aliphatic rings. The number of halogens is 2. The van der Waals surface area contributed by atoms with E-state index in [0.717, 1.165) is 10.4 Å². The van der Waals surface area contributed by atoms with Crippen molar-refractivity contribution in [3.8, 4) is 0 Å². The molecule has 0 saturated carbocycles. The van der Waals surface area contributed by atoms with Gasteiger partial charge >= 0.3 is 0 Å². The maximum Gasteiger partial charge on any atom is 0.213 e. The number of aromatic nitrogens is 1. The first-order valence-electron chi connectivity index (χ1n) is 4.24. The fourth-order valence-corrected chi connectivity index (χ4v) is 1.83. The smallest absolute Gasteiger partial charge is 0.198 e. The summed E-state index contributed by atoms with van der Waals surface area (Å²) in [5, 5.41) is 1.93. The van der Waals surface area contributed by atoms with Crippen LogP contribution in [0.3, 0.4) is 0 Å². The van der Waals surface area contributed by atoms with Gasteiger partial charge in [0.1, 0.15) is 7.05 Å². The fourth-order valence-electron chi connectivity index (χ4n) is 1.52. The number of fused-ring (bicyclic) bond motifs is 1. The van der Waals surface area contributed by atoms with Crippen LogP contribution in [-0.4, -0.2) is 0 Å². The number of benzene rings is 1. The lowest BCUT2D eigenvalue weighted by Gasteiger charge is -2.00. The summed E-state index contributed by atoms with van der Waals surface area (Å²) in [4.78, 5) is 0. The van der Waals surface area contributed by atoms with E-state index in [2.05, 4.69) is 17.6 Å². The van der Waals surface area contributed by atoms with Gasteiger partial charge in [-0.05, 0) is 6.07 Å². The normalized spacial score (nSPS) is 9.93. The number of pyridine rings is 1. The zero-order chi connectivity index (χ0) is 9.42. The highest BCUT2D eigenvalue weighted by Crippen LogP contribution is 2.20. The molecule has 0 atom stereocenters. The van der Waals surface area contributed by atoms with Crippen LogP contribution in [0.15, 0.2) is 30.3 Å². The van der Waals surface area contributed by atoms with Crippen LogP contribution in [0, 0.1) is 6.92 Å². The van der Waals surface area contributed by atoms with Crippen molar-refractivity contribution in [2.24, 2.45) is 7.05 Å². The average Bonchev–Trinajstić information content (AvgIpc) is 2.15. The van der Waals surface area contributed by atoms with Crippen LogP contribution in [0.5, 0.6) is 0 Å². The molecule has 0 unspecified atom stereocenters. The van der Waals surface area contributed by atoms with Crippen molar-refractivity contribution < 1.29 is 4.57 Å². The van der Waals surface area contributed by atoms with E-state index in [0.29, 0.717) is 0 Å². The predicted octanol–water partition coefficient (Wildman–Crippen LogP) is 3.24. The van der Waals surface area contributed by atoms with Crippen molar-refractivity contribution in [1.82, 2.24) is 0 Å². The van der Waals surface area contributed by atoms with Gasteiger partial charge in [-0.25, -0.2) is 0 Å². The van der Waals surface area contributed by atoms with Crippen LogP contribution in [0.4, 0.5) is 0 Å². The highest BCUT2D eigenvalue weighted by Gasteiger charge is 2.10. The van der Waals surface area contributed by atoms with E-state index in [9.17, 15) is 0 Å². The van der Waals surface area contributed by atoms with Crippen molar-refractivity contribution in [1.29, 1.82) is 0 Å². The Balaban J connectivity index is 0.000000980. The van der Waals surface area contributed by atoms with Gasteiger partial charge in [0.15, 0.2) is 5.69 Å². The Labute approximate surface area is 106 Å². The Bertz CT molecular complexity index is 468. The topological polar surface area (TPSA) is 3.88 Å². The van der Waals surface area contributed by atoms with Gasteiger partial charge in [0, 0.05) is 19.1 Å². The third-order valence-corrected chi connectivity index (χ3v) is 2.70. The second-order valence-corrected chi connectivity index (χ2v) is 3.62. The monoisotopic (exact) mass is 320 g/mol. The molecular weight excluding hydrogens is 308 g/mol. The summed E-state index contributed by atoms with van der Waals surface area (Å²) in [6, 6.07) is 10.1. The number of nitrogens with zero attached hydrogens (tertiary/aromatic N) is 1. The Hall–Kier alpha value is -0.350. The van der Waals surface area contributed by atoms with Gasteiger partial charge in [0.25, 0.3) is 0 Å². The first-order valence-corrected chi connectivity index (χ1v) is 4.62. The molecular formula is C11H12ClIN+. The van der Waals surface area contributed by atoms with E-state index in [4.69, 9.17) is 11.6 Å². The van der Waals surface area contributed by atoms with Crippen LogP contribution < -0.4 is 4.57 Å². The molecule has 1 aromatic carbocycles. The van der Waals surface area contributed by atoms with Crippen molar-refractivity contribution in [2.75, 3.05) is 0 Å². The minimum Gasteiger partial charge on any atom is -0.198 e. The molecule has 74 valence electrons. The van der Waals surface area contributed by atoms with E-state index in [-0.39, 0.29) is 24.0 Å². The maximum atomic E-state index is 6.12. The van der Waals surface area contributed by atoms with Gasteiger partial charge in [0.2, 0.25) is 5.52 Å². The molecule has 0 fully saturated rings. The van der Waals surface area contributed by atoms with Crippen LogP contribution in [0.2, 0.25) is 5.02 Å². The largest absolute Gasteiger partial charge is 0.213 e. The Kier molecular flexibility index (Phi) is 3.72. The lowest BCUT2D eigenvalue weighted by molar-refractivity contribution is -0.651. The van der Waals surface area contributed by atoms with Crippen LogP contribution in [0.25, 0.3) is 10.9 Å². The second-order valence-electron chi connectivity index (χ2n) is 3.21. The summed E-state index contributed by atoms with van der Waals surface area (Å²) in [7, 11) is 2.05. The third kappa shape index (κ3) is 1.86. The fraction of sp³-hybridized carbons (Fsp3) is 0.182. The summed E-state index contributed by atoms with van der Waals surface area (Å²) in [5.74, 6) is 0. The maximum absolute atomic E-state index is 6.12. The predicted molar refractivity (Wildman–Crippen MR) is 70.3 cm³/mol. The summed E-state index contributed by atoms with van der Waals surface area (Å²) in [6.07, 6.45) is 0. The number of aryl methyl sites for hydroxylation is 2. The summed E-state index contributed by atoms with van der Waals surface area (Å²) in [6.45, 7) is 2.05. The molecule has 0 spiro atoms. The molecule has 1 nitrogen and oxygen atoms in total. The van der Waals surface area contributed by atoms with Crippen molar-refractivity contribution in [3.05, 3.63) is 41.0 Å². The van der Waals surface area contributed by atoms with Crippen LogP contribution in [-0.2, 0) is 7.05 Å². The molecule has 0 amide bonds. The highest BCUT2D eigenvalue weighted by molar-refractivity contribution is 14.0. The van der Waals surface area contributed by atoms with Gasteiger partial charge < -0.3 is 0 Å². The molecule has 14 heavy (non-hydrogen) atoms. The van der Waals surface area contributed by atoms with Crippen molar-refractivity contribution in [3.63, 3.8) is 0 Å². The Morgan fingerprint density at radius 3 is 2.57 bits per heavy atom. The molecule has 3 heteroatoms. The molecule has 0 bridgehead atoms. The highest BCUT2D eigenvalue weighted by atomic mass is 127. The number of rotatable bonds is 0. The first kappa shape index (κ1) is 11.7. The average molecular weight is 321 g/mol. The quantitative estimate of drug-likeness (QED) is 0.518. The first-order chi connectivity index (χ1) is 6.20. The lowest BCUT2D eigenvalue weighted by Crippen LogP contribution is -2.32. The molecule has 1 aromatic heterocycles. The van der Waals surface area contributed by atoms with Crippen LogP contribution in [0.1, 0.15) is 5.69 Å². The molecule has 0 N–H and O–H groups in total. The third-order valence-electron chi connectivity index (χ3n) is 2.39. The number of hydrogen-bond donors (Lipinski definition) is 0. The van der Waals surface area contributed by atoms with E-state index < -0.39 is 0 Å². The molecule has 0 radical (unpaired) electrons. The zero-order valence-electron chi connectivity index (χ0n) is 8.12. The molecule has 0 aliphatic carbocycles. The zero-order valence-corrected chi connectivity index (χ0v) is 11.2. The van der Waals surface area contributed by atoms with Gasteiger partial charge in [-0.2, -0.15) is 4.57 Å². The molecule has 0 aliphatic heterocycles. The SMILES string of the molecule is Cc1cc(Cl)c2ccccc2[n+]1C.I. The van der Waals surface area contributed by atoms with E-state index in [1.807, 2.05) is 31.3 Å². The second kappa shape index (κ2) is 4.45. The van der Waals surface area contributed by atoms with Crippen molar-refractivity contribution in [2.45, 2.75) is 6.92 Å². The van der Waals surface area contributed by atoms with Gasteiger partial charge in [0.05, 0.1) is 10.4 Å². The number of hydrogen-bond acceptors (Lipinski definition) is 0. The minimum atomic E-state index is 0. The van der Waals surface area contributed by atoms with Gasteiger partial charge in [-0.15, -0.1) is 24.0 Å². The molecule has 0 saturated heterocycles. The summed E-state index contributed by atoms with van der Waals surface area (Å²) < 4.78 is 2.14. The molecule has 2 aromatic rings. The Morgan fingerprint density at radius 2 is 1.86 bits per heavy atom. The van der Waals surface area contributed by atoms with Gasteiger partial charge in [-0.3, -0.25) is 0 Å². The van der Waals surface area contributed by atoms with Crippen LogP contribution >= 0.6 is 35.6 Å². The van der Waals surface area contributed by atoms with E-state index in [1.165, 1.54) is 11.2 Å². The van der Waals surface area contributed by atoms with E-state index in [1.54, 1.807) is 0 Å². The lowest BCUT2D eigenvalue weighted by atomic mass is 10.2. The molecule has 2 rings (SSSR count). The minimum absolute atomic E-state index is 0. The van der Waals surface area contributed by atoms with E-state index >= 15 is 0 Å². The van der Waals surface area contributed by atoms with Gasteiger partial charge in [-0.1, -0.05) is 23.7 Å². The summed E-state index contributed by atoms with van der Waals surface area (Å²) in [5.41, 5.74) is 2.34.